The van der Waals surface area contributed by atoms with Crippen molar-refractivity contribution in [3.05, 3.63) is 23.9 Å². The van der Waals surface area contributed by atoms with E-state index < -0.39 is 12.7 Å². The maximum atomic E-state index is 12.3. The molecule has 6 heteroatoms. The van der Waals surface area contributed by atoms with Gasteiger partial charge in [-0.3, -0.25) is 0 Å². The van der Waals surface area contributed by atoms with Gasteiger partial charge in [0.1, 0.15) is 18.4 Å². The Morgan fingerprint density at radius 3 is 2.53 bits per heavy atom. The number of rotatable bonds is 4. The van der Waals surface area contributed by atoms with E-state index in [0.717, 1.165) is 4.90 Å². The van der Waals surface area contributed by atoms with E-state index in [1.54, 1.807) is 6.92 Å². The molecular formula is C11H12F3N3. The van der Waals surface area contributed by atoms with E-state index in [-0.39, 0.29) is 12.4 Å². The van der Waals surface area contributed by atoms with Gasteiger partial charge in [0.15, 0.2) is 0 Å². The third-order valence-corrected chi connectivity index (χ3v) is 2.06. The molecule has 0 aliphatic rings. The van der Waals surface area contributed by atoms with Crippen molar-refractivity contribution in [1.29, 1.82) is 5.26 Å². The number of hydrogen-bond acceptors (Lipinski definition) is 3. The molecule has 1 aromatic heterocycles. The molecule has 92 valence electrons. The molecule has 1 rings (SSSR count). The molecule has 0 spiro atoms. The molecule has 1 heterocycles. The zero-order valence-electron chi connectivity index (χ0n) is 9.33. The highest BCUT2D eigenvalue weighted by Gasteiger charge is 2.30. The van der Waals surface area contributed by atoms with Crippen molar-refractivity contribution in [3.8, 4) is 6.07 Å². The van der Waals surface area contributed by atoms with Crippen molar-refractivity contribution in [2.75, 3.05) is 18.0 Å². The fraction of sp³-hybridized carbons (Fsp3) is 0.455. The topological polar surface area (TPSA) is 39.9 Å². The third-order valence-electron chi connectivity index (χ3n) is 2.06. The van der Waals surface area contributed by atoms with Crippen LogP contribution in [0.2, 0.25) is 0 Å². The second kappa shape index (κ2) is 5.53. The lowest BCUT2D eigenvalue weighted by Gasteiger charge is -2.24. The van der Waals surface area contributed by atoms with Crippen LogP contribution in [-0.2, 0) is 0 Å². The highest BCUT2D eigenvalue weighted by molar-refractivity contribution is 5.41. The Labute approximate surface area is 97.5 Å². The van der Waals surface area contributed by atoms with Crippen molar-refractivity contribution in [2.45, 2.75) is 19.5 Å². The van der Waals surface area contributed by atoms with E-state index >= 15 is 0 Å². The van der Waals surface area contributed by atoms with Crippen LogP contribution >= 0.6 is 0 Å². The van der Waals surface area contributed by atoms with Crippen LogP contribution in [-0.4, -0.2) is 24.2 Å². The van der Waals surface area contributed by atoms with Gasteiger partial charge in [0.25, 0.3) is 0 Å². The monoisotopic (exact) mass is 243 g/mol. The molecule has 0 unspecified atom stereocenters. The number of pyridine rings is 1. The van der Waals surface area contributed by atoms with Crippen LogP contribution in [0.25, 0.3) is 0 Å². The van der Waals surface area contributed by atoms with Gasteiger partial charge in [-0.1, -0.05) is 6.92 Å². The number of nitriles is 1. The van der Waals surface area contributed by atoms with Gasteiger partial charge in [0, 0.05) is 12.7 Å². The first-order valence-corrected chi connectivity index (χ1v) is 5.14. The van der Waals surface area contributed by atoms with Crippen LogP contribution in [0, 0.1) is 11.3 Å². The van der Waals surface area contributed by atoms with Crippen LogP contribution in [0.5, 0.6) is 0 Å². The summed E-state index contributed by atoms with van der Waals surface area (Å²) in [5.41, 5.74) is 0.331. The fourth-order valence-corrected chi connectivity index (χ4v) is 1.40. The molecule has 0 saturated carbocycles. The second-order valence-corrected chi connectivity index (χ2v) is 3.55. The second-order valence-electron chi connectivity index (χ2n) is 3.55. The molecule has 0 fully saturated rings. The van der Waals surface area contributed by atoms with Gasteiger partial charge in [0.05, 0.1) is 5.56 Å². The first kappa shape index (κ1) is 13.3. The van der Waals surface area contributed by atoms with Crippen molar-refractivity contribution in [3.63, 3.8) is 0 Å². The molecule has 0 N–H and O–H groups in total. The summed E-state index contributed by atoms with van der Waals surface area (Å²) in [7, 11) is 0. The predicted molar refractivity (Wildman–Crippen MR) is 57.5 cm³/mol. The summed E-state index contributed by atoms with van der Waals surface area (Å²) >= 11 is 0. The van der Waals surface area contributed by atoms with E-state index in [9.17, 15) is 13.2 Å². The minimum atomic E-state index is -4.26. The average Bonchev–Trinajstić information content (AvgIpc) is 2.27. The molecule has 0 amide bonds. The molecule has 0 atom stereocenters. The maximum absolute atomic E-state index is 12.3. The third kappa shape index (κ3) is 4.31. The lowest BCUT2D eigenvalue weighted by molar-refractivity contribution is -0.119. The summed E-state index contributed by atoms with van der Waals surface area (Å²) in [6, 6.07) is 4.76. The van der Waals surface area contributed by atoms with Crippen LogP contribution in [0.15, 0.2) is 18.3 Å². The average molecular weight is 243 g/mol. The summed E-state index contributed by atoms with van der Waals surface area (Å²) in [6.07, 6.45) is -2.39. The zero-order chi connectivity index (χ0) is 12.9. The Morgan fingerprint density at radius 2 is 2.12 bits per heavy atom. The minimum Gasteiger partial charge on any atom is -0.348 e. The lowest BCUT2D eigenvalue weighted by atomic mass is 10.3. The normalized spacial score (nSPS) is 11.0. The number of nitrogens with zero attached hydrogens (tertiary/aromatic N) is 3. The molecule has 1 aromatic rings. The molecular weight excluding hydrogens is 231 g/mol. The summed E-state index contributed by atoms with van der Waals surface area (Å²) in [5, 5.41) is 8.57. The highest BCUT2D eigenvalue weighted by Crippen LogP contribution is 2.20. The van der Waals surface area contributed by atoms with E-state index in [4.69, 9.17) is 5.26 Å². The Kier molecular flexibility index (Phi) is 4.32. The Balaban J connectivity index is 2.86. The Hall–Kier alpha value is -1.77. The molecule has 0 radical (unpaired) electrons. The van der Waals surface area contributed by atoms with Gasteiger partial charge < -0.3 is 4.90 Å². The predicted octanol–water partition coefficient (Wildman–Crippen LogP) is 2.73. The largest absolute Gasteiger partial charge is 0.405 e. The summed E-state index contributed by atoms with van der Waals surface area (Å²) < 4.78 is 37.0. The van der Waals surface area contributed by atoms with Gasteiger partial charge in [-0.25, -0.2) is 4.98 Å². The lowest BCUT2D eigenvalue weighted by Crippen LogP contribution is -2.35. The molecule has 0 bridgehead atoms. The van der Waals surface area contributed by atoms with Crippen LogP contribution in [0.4, 0.5) is 19.0 Å². The maximum Gasteiger partial charge on any atom is 0.405 e. The zero-order valence-corrected chi connectivity index (χ0v) is 9.33. The quantitative estimate of drug-likeness (QED) is 0.816. The Morgan fingerprint density at radius 1 is 1.41 bits per heavy atom. The first-order valence-electron chi connectivity index (χ1n) is 5.14. The fourth-order valence-electron chi connectivity index (χ4n) is 1.40. The summed E-state index contributed by atoms with van der Waals surface area (Å²) in [5.74, 6) is 0.239. The molecule has 0 saturated heterocycles. The van der Waals surface area contributed by atoms with E-state index in [0.29, 0.717) is 12.0 Å². The van der Waals surface area contributed by atoms with E-state index in [1.807, 2.05) is 6.07 Å². The molecule has 0 aliphatic carbocycles. The summed E-state index contributed by atoms with van der Waals surface area (Å²) in [4.78, 5) is 5.01. The number of aromatic nitrogens is 1. The Bertz CT molecular complexity index is 392. The first-order chi connectivity index (χ1) is 7.96. The van der Waals surface area contributed by atoms with Crippen LogP contribution in [0.3, 0.4) is 0 Å². The van der Waals surface area contributed by atoms with Gasteiger partial charge in [-0.2, -0.15) is 18.4 Å². The van der Waals surface area contributed by atoms with Gasteiger partial charge >= 0.3 is 6.18 Å². The number of hydrogen-bond donors (Lipinski definition) is 0. The number of anilines is 1. The highest BCUT2D eigenvalue weighted by atomic mass is 19.4. The standard InChI is InChI=1S/C11H12F3N3/c1-2-5-17(8-11(12,13)14)10-4-3-9(6-15)7-16-10/h3-4,7H,2,5,8H2,1H3. The molecule has 0 aliphatic heterocycles. The van der Waals surface area contributed by atoms with Crippen molar-refractivity contribution >= 4 is 5.82 Å². The van der Waals surface area contributed by atoms with Crippen molar-refractivity contribution < 1.29 is 13.2 Å². The number of halogens is 3. The minimum absolute atomic E-state index is 0.239. The SMILES string of the molecule is CCCN(CC(F)(F)F)c1ccc(C#N)cn1. The molecule has 0 aromatic carbocycles. The summed E-state index contributed by atoms with van der Waals surface area (Å²) in [6.45, 7) is 1.05. The smallest absolute Gasteiger partial charge is 0.348 e. The number of alkyl halides is 3. The van der Waals surface area contributed by atoms with E-state index in [2.05, 4.69) is 4.98 Å². The van der Waals surface area contributed by atoms with Crippen molar-refractivity contribution in [2.24, 2.45) is 0 Å². The molecule has 3 nitrogen and oxygen atoms in total. The van der Waals surface area contributed by atoms with Crippen molar-refractivity contribution in [1.82, 2.24) is 4.98 Å². The van der Waals surface area contributed by atoms with Gasteiger partial charge in [-0.15, -0.1) is 0 Å². The van der Waals surface area contributed by atoms with Gasteiger partial charge in [-0.05, 0) is 18.6 Å². The van der Waals surface area contributed by atoms with Gasteiger partial charge in [0.2, 0.25) is 0 Å². The molecule has 17 heavy (non-hydrogen) atoms. The van der Waals surface area contributed by atoms with E-state index in [1.165, 1.54) is 18.3 Å². The van der Waals surface area contributed by atoms with Crippen LogP contribution < -0.4 is 4.90 Å². The van der Waals surface area contributed by atoms with Crippen LogP contribution in [0.1, 0.15) is 18.9 Å².